The maximum absolute atomic E-state index is 11.9. The Labute approximate surface area is 192 Å². The number of aliphatic hydroxyl groups excluding tert-OH is 1. The molecular weight excluding hydrogens is 420 g/mol. The molecule has 0 aliphatic carbocycles. The number of carboxylic acids is 1. The van der Waals surface area contributed by atoms with Crippen LogP contribution < -0.4 is 5.32 Å². The van der Waals surface area contributed by atoms with Crippen LogP contribution >= 0.6 is 0 Å². The molecule has 0 aliphatic heterocycles. The molecule has 3 aromatic rings. The minimum Gasteiger partial charge on any atom is -0.480 e. The summed E-state index contributed by atoms with van der Waals surface area (Å²) in [5, 5.41) is 22.8. The van der Waals surface area contributed by atoms with E-state index >= 15 is 0 Å². The summed E-state index contributed by atoms with van der Waals surface area (Å²) in [6.07, 6.45) is -1.95. The molecule has 33 heavy (non-hydrogen) atoms. The van der Waals surface area contributed by atoms with Gasteiger partial charge in [0.2, 0.25) is 0 Å². The van der Waals surface area contributed by atoms with E-state index in [1.165, 1.54) is 0 Å². The lowest BCUT2D eigenvalue weighted by atomic mass is 10.0. The number of ether oxygens (including phenoxy) is 1. The highest BCUT2D eigenvalue weighted by molar-refractivity contribution is 6.13. The van der Waals surface area contributed by atoms with Crippen LogP contribution in [0.3, 0.4) is 0 Å². The molecule has 0 saturated carbocycles. The molecule has 2 atom stereocenters. The Kier molecular flexibility index (Phi) is 8.73. The predicted octanol–water partition coefficient (Wildman–Crippen LogP) is 3.65. The normalized spacial score (nSPS) is 12.3. The summed E-state index contributed by atoms with van der Waals surface area (Å²) in [5.74, 6) is -1.25. The molecule has 3 N–H and O–H groups in total. The van der Waals surface area contributed by atoms with Crippen molar-refractivity contribution in [2.45, 2.75) is 25.2 Å². The fraction of sp³-hybridized carbons (Fsp3) is 0.192. The number of nitrogens with zero attached hydrogens (tertiary/aromatic N) is 1. The summed E-state index contributed by atoms with van der Waals surface area (Å²) in [6.45, 7) is 0.162. The van der Waals surface area contributed by atoms with Crippen LogP contribution in [0.25, 0.3) is 0 Å². The summed E-state index contributed by atoms with van der Waals surface area (Å²) in [6, 6.07) is 26.2. The number of hydrogen-bond acceptors (Lipinski definition) is 5. The average Bonchev–Trinajstić information content (AvgIpc) is 2.85. The Hall–Kier alpha value is -3.97. The summed E-state index contributed by atoms with van der Waals surface area (Å²) >= 11 is 0. The van der Waals surface area contributed by atoms with Gasteiger partial charge in [0.1, 0.15) is 6.61 Å². The summed E-state index contributed by atoms with van der Waals surface area (Å²) < 4.78 is 5.12. The molecule has 0 fully saturated rings. The van der Waals surface area contributed by atoms with E-state index < -0.39 is 24.2 Å². The number of alkyl carbamates (subject to hydrolysis) is 1. The van der Waals surface area contributed by atoms with Crippen molar-refractivity contribution in [2.75, 3.05) is 6.54 Å². The number of carbonyl (C=O) groups is 2. The van der Waals surface area contributed by atoms with E-state index in [1.807, 2.05) is 91.0 Å². The van der Waals surface area contributed by atoms with E-state index in [4.69, 9.17) is 4.74 Å². The Morgan fingerprint density at radius 3 is 1.88 bits per heavy atom. The molecule has 3 aromatic carbocycles. The number of rotatable bonds is 10. The lowest BCUT2D eigenvalue weighted by Crippen LogP contribution is -2.37. The van der Waals surface area contributed by atoms with Gasteiger partial charge in [-0.15, -0.1) is 0 Å². The second-order valence-electron chi connectivity index (χ2n) is 7.34. The van der Waals surface area contributed by atoms with Crippen LogP contribution in [0, 0.1) is 0 Å². The van der Waals surface area contributed by atoms with Gasteiger partial charge in [-0.25, -0.2) is 9.59 Å². The van der Waals surface area contributed by atoms with Gasteiger partial charge in [0.05, 0.1) is 11.8 Å². The monoisotopic (exact) mass is 446 g/mol. The Morgan fingerprint density at radius 2 is 1.36 bits per heavy atom. The van der Waals surface area contributed by atoms with Gasteiger partial charge in [-0.2, -0.15) is 0 Å². The molecule has 0 aromatic heterocycles. The number of carboxylic acid groups (broad SMARTS) is 1. The van der Waals surface area contributed by atoms with Gasteiger partial charge in [-0.05, 0) is 12.0 Å². The second-order valence-corrected chi connectivity index (χ2v) is 7.34. The zero-order valence-electron chi connectivity index (χ0n) is 18.0. The van der Waals surface area contributed by atoms with E-state index in [2.05, 4.69) is 10.3 Å². The van der Waals surface area contributed by atoms with E-state index in [0.717, 1.165) is 16.7 Å². The van der Waals surface area contributed by atoms with Crippen LogP contribution in [0.1, 0.15) is 23.1 Å². The molecule has 0 radical (unpaired) electrons. The van der Waals surface area contributed by atoms with E-state index in [0.29, 0.717) is 5.71 Å². The highest BCUT2D eigenvalue weighted by atomic mass is 16.5. The van der Waals surface area contributed by atoms with Gasteiger partial charge in [-0.3, -0.25) is 4.99 Å². The molecule has 170 valence electrons. The molecule has 0 aliphatic rings. The van der Waals surface area contributed by atoms with Crippen LogP contribution in [0.15, 0.2) is 96.0 Å². The van der Waals surface area contributed by atoms with Gasteiger partial charge in [-0.1, -0.05) is 91.0 Å². The van der Waals surface area contributed by atoms with Crippen LogP contribution in [0.4, 0.5) is 4.79 Å². The highest BCUT2D eigenvalue weighted by Gasteiger charge is 2.27. The lowest BCUT2D eigenvalue weighted by molar-refractivity contribution is -0.141. The van der Waals surface area contributed by atoms with E-state index in [9.17, 15) is 19.8 Å². The zero-order chi connectivity index (χ0) is 23.5. The number of carbonyl (C=O) groups excluding carboxylic acids is 1. The SMILES string of the molecule is O=C(NCCC(O)[C@H](N=C(c1ccccc1)c1ccccc1)C(=O)O)OCc1ccccc1. The standard InChI is InChI=1S/C26H26N2O5/c29-22(16-17-27-26(32)33-18-19-10-4-1-5-11-19)24(25(30)31)28-23(20-12-6-2-7-13-20)21-14-8-3-9-15-21/h1-15,22,24,29H,16-18H2,(H,27,32)(H,30,31)/t22?,24-/m0/s1. The van der Waals surface area contributed by atoms with Crippen molar-refractivity contribution in [3.8, 4) is 0 Å². The molecule has 1 unspecified atom stereocenters. The van der Waals surface area contributed by atoms with Gasteiger partial charge < -0.3 is 20.3 Å². The predicted molar refractivity (Wildman–Crippen MR) is 125 cm³/mol. The smallest absolute Gasteiger partial charge is 0.407 e. The number of aliphatic carboxylic acids is 1. The first-order chi connectivity index (χ1) is 16.0. The molecular formula is C26H26N2O5. The molecule has 0 heterocycles. The van der Waals surface area contributed by atoms with Gasteiger partial charge >= 0.3 is 12.1 Å². The minimum absolute atomic E-state index is 0.00222. The van der Waals surface area contributed by atoms with Crippen molar-refractivity contribution in [1.29, 1.82) is 0 Å². The number of nitrogens with one attached hydrogen (secondary N) is 1. The van der Waals surface area contributed by atoms with Crippen molar-refractivity contribution in [1.82, 2.24) is 5.32 Å². The van der Waals surface area contributed by atoms with Crippen molar-refractivity contribution in [2.24, 2.45) is 4.99 Å². The average molecular weight is 447 g/mol. The molecule has 0 saturated heterocycles. The van der Waals surface area contributed by atoms with E-state index in [1.54, 1.807) is 0 Å². The number of aliphatic hydroxyl groups is 1. The van der Waals surface area contributed by atoms with Gasteiger partial charge in [0.25, 0.3) is 0 Å². The zero-order valence-corrected chi connectivity index (χ0v) is 18.0. The summed E-state index contributed by atoms with van der Waals surface area (Å²) in [5.41, 5.74) is 2.80. The molecule has 3 rings (SSSR count). The van der Waals surface area contributed by atoms with Gasteiger partial charge in [0, 0.05) is 17.7 Å². The van der Waals surface area contributed by atoms with Crippen LogP contribution in [-0.2, 0) is 16.1 Å². The largest absolute Gasteiger partial charge is 0.480 e. The first kappa shape index (κ1) is 23.7. The van der Waals surface area contributed by atoms with Gasteiger partial charge in [0.15, 0.2) is 6.04 Å². The van der Waals surface area contributed by atoms with Crippen molar-refractivity contribution < 1.29 is 24.5 Å². The molecule has 7 heteroatoms. The minimum atomic E-state index is -1.40. The Balaban J connectivity index is 1.64. The lowest BCUT2D eigenvalue weighted by Gasteiger charge is -2.18. The topological polar surface area (TPSA) is 108 Å². The van der Waals surface area contributed by atoms with Crippen molar-refractivity contribution in [3.63, 3.8) is 0 Å². The van der Waals surface area contributed by atoms with Crippen molar-refractivity contribution >= 4 is 17.8 Å². The van der Waals surface area contributed by atoms with Crippen LogP contribution in [0.2, 0.25) is 0 Å². The Bertz CT molecular complexity index is 1010. The highest BCUT2D eigenvalue weighted by Crippen LogP contribution is 2.15. The van der Waals surface area contributed by atoms with E-state index in [-0.39, 0.29) is 19.6 Å². The fourth-order valence-corrected chi connectivity index (χ4v) is 3.21. The summed E-state index contributed by atoms with van der Waals surface area (Å²) in [7, 11) is 0. The molecule has 0 spiro atoms. The first-order valence-corrected chi connectivity index (χ1v) is 10.6. The third-order valence-electron chi connectivity index (χ3n) is 4.90. The fourth-order valence-electron chi connectivity index (χ4n) is 3.21. The second kappa shape index (κ2) is 12.2. The first-order valence-electron chi connectivity index (χ1n) is 10.6. The third kappa shape index (κ3) is 7.29. The Morgan fingerprint density at radius 1 is 0.848 bits per heavy atom. The van der Waals surface area contributed by atoms with Crippen LogP contribution in [0.5, 0.6) is 0 Å². The number of hydrogen-bond donors (Lipinski definition) is 3. The third-order valence-corrected chi connectivity index (χ3v) is 4.90. The number of amides is 1. The molecule has 1 amide bonds. The number of benzene rings is 3. The maximum Gasteiger partial charge on any atom is 0.407 e. The number of aliphatic imine (C=N–C) groups is 1. The van der Waals surface area contributed by atoms with Crippen molar-refractivity contribution in [3.05, 3.63) is 108 Å². The summed E-state index contributed by atoms with van der Waals surface area (Å²) in [4.78, 5) is 28.2. The van der Waals surface area contributed by atoms with Crippen LogP contribution in [-0.4, -0.2) is 46.7 Å². The molecule has 0 bridgehead atoms. The maximum atomic E-state index is 11.9. The molecule has 7 nitrogen and oxygen atoms in total. The quantitative estimate of drug-likeness (QED) is 0.412.